The molecule has 1 N–H and O–H groups in total. The van der Waals surface area contributed by atoms with Gasteiger partial charge in [-0.1, -0.05) is 75.7 Å². The molecule has 0 unspecified atom stereocenters. The highest BCUT2D eigenvalue weighted by Crippen LogP contribution is 2.39. The summed E-state index contributed by atoms with van der Waals surface area (Å²) in [5.41, 5.74) is 3.98. The fourth-order valence-corrected chi connectivity index (χ4v) is 5.53. The van der Waals surface area contributed by atoms with Crippen LogP contribution in [-0.4, -0.2) is 19.0 Å². The van der Waals surface area contributed by atoms with Gasteiger partial charge in [-0.05, 0) is 90.8 Å². The van der Waals surface area contributed by atoms with Gasteiger partial charge in [0.2, 0.25) is 0 Å². The molecule has 0 radical (unpaired) electrons. The monoisotopic (exact) mass is 539 g/mol. The molecule has 0 heterocycles. The van der Waals surface area contributed by atoms with Crippen LogP contribution in [-0.2, 0) is 6.42 Å². The van der Waals surface area contributed by atoms with E-state index >= 15 is 0 Å². The van der Waals surface area contributed by atoms with E-state index in [0.29, 0.717) is 17.8 Å². The van der Waals surface area contributed by atoms with Gasteiger partial charge in [-0.2, -0.15) is 0 Å². The third-order valence-electron chi connectivity index (χ3n) is 7.69. The Balaban J connectivity index is 1.50. The zero-order chi connectivity index (χ0) is 27.8. The molecular formula is C33H40F3NO2. The van der Waals surface area contributed by atoms with Crippen LogP contribution in [0.3, 0.4) is 0 Å². The summed E-state index contributed by atoms with van der Waals surface area (Å²) in [5, 5.41) is 3.60. The normalized spacial score (nSPS) is 19.6. The molecule has 3 nitrogen and oxygen atoms in total. The predicted molar refractivity (Wildman–Crippen MR) is 152 cm³/mol. The summed E-state index contributed by atoms with van der Waals surface area (Å²) in [7, 11) is 0. The number of rotatable bonds is 11. The van der Waals surface area contributed by atoms with Crippen LogP contribution in [0.4, 0.5) is 18.9 Å². The van der Waals surface area contributed by atoms with E-state index in [1.807, 2.05) is 24.3 Å². The zero-order valence-electron chi connectivity index (χ0n) is 23.1. The maximum absolute atomic E-state index is 12.6. The number of unbranched alkanes of at least 4 members (excludes halogenated alkanes) is 1. The molecule has 0 aliphatic heterocycles. The van der Waals surface area contributed by atoms with Gasteiger partial charge in [0.05, 0.1) is 5.69 Å². The molecule has 210 valence electrons. The van der Waals surface area contributed by atoms with Crippen LogP contribution in [0.15, 0.2) is 72.8 Å². The van der Waals surface area contributed by atoms with Crippen LogP contribution in [0.1, 0.15) is 58.4 Å². The molecular weight excluding hydrogens is 499 g/mol. The van der Waals surface area contributed by atoms with E-state index in [0.717, 1.165) is 54.8 Å². The van der Waals surface area contributed by atoms with Crippen LogP contribution in [0, 0.1) is 17.8 Å². The number of hydrogen-bond acceptors (Lipinski definition) is 3. The van der Waals surface area contributed by atoms with Gasteiger partial charge in [0.1, 0.15) is 17.6 Å². The Kier molecular flexibility index (Phi) is 9.82. The quantitative estimate of drug-likeness (QED) is 0.246. The maximum atomic E-state index is 12.6. The Hall–Kier alpha value is -3.15. The smallest absolute Gasteiger partial charge is 0.488 e. The van der Waals surface area contributed by atoms with E-state index in [4.69, 9.17) is 4.74 Å². The SMILES string of the molecule is CC(C)[C@@H]1CC[C@@H](C)C[C@H]1Oc1ccc(-c2ccc(OC(F)(F)F)cc2)cc1NCCCCc1ccccc1. The Labute approximate surface area is 230 Å². The van der Waals surface area contributed by atoms with Gasteiger partial charge in [-0.15, -0.1) is 13.2 Å². The van der Waals surface area contributed by atoms with Gasteiger partial charge in [0.25, 0.3) is 0 Å². The van der Waals surface area contributed by atoms with E-state index in [9.17, 15) is 13.2 Å². The average Bonchev–Trinajstić information content (AvgIpc) is 2.89. The van der Waals surface area contributed by atoms with Gasteiger partial charge in [0, 0.05) is 6.54 Å². The molecule has 3 aromatic carbocycles. The van der Waals surface area contributed by atoms with E-state index in [1.54, 1.807) is 12.1 Å². The maximum Gasteiger partial charge on any atom is 0.573 e. The molecule has 0 bridgehead atoms. The van der Waals surface area contributed by atoms with Gasteiger partial charge in [0.15, 0.2) is 0 Å². The van der Waals surface area contributed by atoms with Crippen molar-refractivity contribution < 1.29 is 22.6 Å². The van der Waals surface area contributed by atoms with Gasteiger partial charge in [-0.25, -0.2) is 0 Å². The van der Waals surface area contributed by atoms with Crippen molar-refractivity contribution in [1.82, 2.24) is 0 Å². The molecule has 0 aromatic heterocycles. The van der Waals surface area contributed by atoms with Crippen molar-refractivity contribution in [2.24, 2.45) is 17.8 Å². The lowest BCUT2D eigenvalue weighted by molar-refractivity contribution is -0.274. The van der Waals surface area contributed by atoms with Crippen molar-refractivity contribution >= 4 is 5.69 Å². The average molecular weight is 540 g/mol. The fraction of sp³-hybridized carbons (Fsp3) is 0.455. The molecule has 6 heteroatoms. The highest BCUT2D eigenvalue weighted by atomic mass is 19.4. The van der Waals surface area contributed by atoms with Crippen molar-refractivity contribution in [2.45, 2.75) is 71.8 Å². The highest BCUT2D eigenvalue weighted by molar-refractivity contribution is 5.72. The third kappa shape index (κ3) is 8.67. The second kappa shape index (κ2) is 13.3. The largest absolute Gasteiger partial charge is 0.573 e. The molecule has 39 heavy (non-hydrogen) atoms. The number of anilines is 1. The van der Waals surface area contributed by atoms with E-state index in [1.165, 1.54) is 30.5 Å². The molecule has 1 saturated carbocycles. The first-order chi connectivity index (χ1) is 18.7. The third-order valence-corrected chi connectivity index (χ3v) is 7.69. The van der Waals surface area contributed by atoms with E-state index in [-0.39, 0.29) is 11.9 Å². The lowest BCUT2D eigenvalue weighted by Gasteiger charge is -2.37. The van der Waals surface area contributed by atoms with Crippen molar-refractivity contribution in [3.63, 3.8) is 0 Å². The Morgan fingerprint density at radius 3 is 2.31 bits per heavy atom. The molecule has 1 aliphatic carbocycles. The van der Waals surface area contributed by atoms with Crippen LogP contribution in [0.25, 0.3) is 11.1 Å². The lowest BCUT2D eigenvalue weighted by Crippen LogP contribution is -2.36. The minimum atomic E-state index is -4.71. The summed E-state index contributed by atoms with van der Waals surface area (Å²) >= 11 is 0. The minimum absolute atomic E-state index is 0.164. The zero-order valence-corrected chi connectivity index (χ0v) is 23.1. The second-order valence-electron chi connectivity index (χ2n) is 11.1. The van der Waals surface area contributed by atoms with Crippen LogP contribution < -0.4 is 14.8 Å². The molecule has 0 spiro atoms. The van der Waals surface area contributed by atoms with Gasteiger partial charge < -0.3 is 14.8 Å². The first-order valence-electron chi connectivity index (χ1n) is 14.1. The number of benzene rings is 3. The molecule has 0 amide bonds. The molecule has 3 atom stereocenters. The molecule has 3 aromatic rings. The number of halogens is 3. The number of aryl methyl sites for hydroxylation is 1. The van der Waals surface area contributed by atoms with E-state index < -0.39 is 6.36 Å². The Morgan fingerprint density at radius 2 is 1.62 bits per heavy atom. The van der Waals surface area contributed by atoms with E-state index in [2.05, 4.69) is 55.1 Å². The highest BCUT2D eigenvalue weighted by Gasteiger charge is 2.33. The number of alkyl halides is 3. The fourth-order valence-electron chi connectivity index (χ4n) is 5.53. The van der Waals surface area contributed by atoms with Crippen molar-refractivity contribution in [3.8, 4) is 22.6 Å². The van der Waals surface area contributed by atoms with Crippen molar-refractivity contribution in [1.29, 1.82) is 0 Å². The predicted octanol–water partition coefficient (Wildman–Crippen LogP) is 9.53. The van der Waals surface area contributed by atoms with Crippen molar-refractivity contribution in [2.75, 3.05) is 11.9 Å². The van der Waals surface area contributed by atoms with Crippen LogP contribution in [0.5, 0.6) is 11.5 Å². The summed E-state index contributed by atoms with van der Waals surface area (Å²) in [4.78, 5) is 0. The molecule has 4 rings (SSSR count). The van der Waals surface area contributed by atoms with Crippen LogP contribution in [0.2, 0.25) is 0 Å². The standard InChI is InChI=1S/C33H40F3NO2/c1-23(2)29-18-12-24(3)21-32(29)38-31-19-15-27(26-13-16-28(17-14-26)39-33(34,35)36)22-30(31)37-20-8-7-11-25-9-5-4-6-10-25/h4-6,9-10,13-17,19,22-24,29,32,37H,7-8,11-12,18,20-21H2,1-3H3/t24-,29+,32-/m1/s1. The topological polar surface area (TPSA) is 30.5 Å². The molecule has 0 saturated heterocycles. The summed E-state index contributed by atoms with van der Waals surface area (Å²) < 4.78 is 48.5. The minimum Gasteiger partial charge on any atom is -0.488 e. The Bertz CT molecular complexity index is 1160. The summed E-state index contributed by atoms with van der Waals surface area (Å²) in [5.74, 6) is 2.31. The summed E-state index contributed by atoms with van der Waals surface area (Å²) in [6.07, 6.45) is 2.04. The Morgan fingerprint density at radius 1 is 0.897 bits per heavy atom. The number of nitrogens with one attached hydrogen (secondary N) is 1. The molecule has 1 aliphatic rings. The lowest BCUT2D eigenvalue weighted by atomic mass is 9.75. The van der Waals surface area contributed by atoms with Gasteiger partial charge in [-0.3, -0.25) is 0 Å². The second-order valence-corrected chi connectivity index (χ2v) is 11.1. The van der Waals surface area contributed by atoms with Crippen molar-refractivity contribution in [3.05, 3.63) is 78.4 Å². The van der Waals surface area contributed by atoms with Gasteiger partial charge >= 0.3 is 6.36 Å². The number of ether oxygens (including phenoxy) is 2. The van der Waals surface area contributed by atoms with Crippen LogP contribution >= 0.6 is 0 Å². The summed E-state index contributed by atoms with van der Waals surface area (Å²) in [6.45, 7) is 7.66. The molecule has 1 fully saturated rings. The number of hydrogen-bond donors (Lipinski definition) is 1. The first kappa shape index (κ1) is 28.8. The summed E-state index contributed by atoms with van der Waals surface area (Å²) in [6, 6.07) is 22.5. The first-order valence-corrected chi connectivity index (χ1v) is 14.1.